The van der Waals surface area contributed by atoms with Crippen LogP contribution in [0.15, 0.2) is 11.6 Å². The average Bonchev–Trinajstić information content (AvgIpc) is 2.57. The van der Waals surface area contributed by atoms with Crippen LogP contribution in [0.25, 0.3) is 0 Å². The maximum absolute atomic E-state index is 2.50. The highest BCUT2D eigenvalue weighted by atomic mass is 14.4. The molecule has 0 aliphatic heterocycles. The minimum atomic E-state index is 0.833. The molecule has 0 saturated heterocycles. The molecule has 80 valence electrons. The predicted octanol–water partition coefficient (Wildman–Crippen LogP) is 4.27. The molecule has 14 heavy (non-hydrogen) atoms. The minimum absolute atomic E-state index is 0.833. The van der Waals surface area contributed by atoms with E-state index in [1.54, 1.807) is 5.57 Å². The van der Waals surface area contributed by atoms with Crippen molar-refractivity contribution in [3.05, 3.63) is 11.6 Å². The van der Waals surface area contributed by atoms with Crippen molar-refractivity contribution in [2.45, 2.75) is 47.0 Å². The van der Waals surface area contributed by atoms with Crippen LogP contribution in [0.2, 0.25) is 0 Å². The normalized spacial score (nSPS) is 48.3. The molecular weight excluding hydrogens is 168 g/mol. The lowest BCUT2D eigenvalue weighted by molar-refractivity contribution is 0.243. The summed E-state index contributed by atoms with van der Waals surface area (Å²) >= 11 is 0. The highest BCUT2D eigenvalue weighted by Crippen LogP contribution is 2.48. The van der Waals surface area contributed by atoms with E-state index < -0.39 is 0 Å². The Morgan fingerprint density at radius 1 is 1.07 bits per heavy atom. The summed E-state index contributed by atoms with van der Waals surface area (Å²) in [5.74, 6) is 4.65. The Labute approximate surface area is 88.8 Å². The lowest BCUT2D eigenvalue weighted by Gasteiger charge is -2.28. The van der Waals surface area contributed by atoms with Crippen molar-refractivity contribution in [1.29, 1.82) is 0 Å². The van der Waals surface area contributed by atoms with E-state index >= 15 is 0 Å². The SMILES string of the molecule is CC1=CC(C)CC1C1C(C)CCC1C. The zero-order chi connectivity index (χ0) is 10.3. The topological polar surface area (TPSA) is 0 Å². The van der Waals surface area contributed by atoms with Crippen LogP contribution in [0, 0.1) is 29.6 Å². The summed E-state index contributed by atoms with van der Waals surface area (Å²) in [6.45, 7) is 9.65. The molecule has 2 rings (SSSR count). The Morgan fingerprint density at radius 2 is 1.64 bits per heavy atom. The summed E-state index contributed by atoms with van der Waals surface area (Å²) in [6.07, 6.45) is 6.85. The first kappa shape index (κ1) is 10.3. The fourth-order valence-corrected chi connectivity index (χ4v) is 3.95. The first-order chi connectivity index (χ1) is 6.59. The summed E-state index contributed by atoms with van der Waals surface area (Å²) < 4.78 is 0. The molecule has 1 saturated carbocycles. The quantitative estimate of drug-likeness (QED) is 0.544. The minimum Gasteiger partial charge on any atom is -0.0825 e. The Morgan fingerprint density at radius 3 is 2.07 bits per heavy atom. The van der Waals surface area contributed by atoms with Crippen molar-refractivity contribution < 1.29 is 0 Å². The predicted molar refractivity (Wildman–Crippen MR) is 62.1 cm³/mol. The van der Waals surface area contributed by atoms with Gasteiger partial charge in [-0.15, -0.1) is 0 Å². The van der Waals surface area contributed by atoms with Gasteiger partial charge in [-0.1, -0.05) is 45.3 Å². The van der Waals surface area contributed by atoms with E-state index in [-0.39, 0.29) is 0 Å². The molecule has 0 heteroatoms. The van der Waals surface area contributed by atoms with Crippen molar-refractivity contribution in [1.82, 2.24) is 0 Å². The van der Waals surface area contributed by atoms with Gasteiger partial charge >= 0.3 is 0 Å². The molecular formula is C14H24. The molecule has 0 radical (unpaired) electrons. The van der Waals surface area contributed by atoms with Gasteiger partial charge in [0, 0.05) is 0 Å². The third-order valence-corrected chi connectivity index (χ3v) is 4.61. The fourth-order valence-electron chi connectivity index (χ4n) is 3.95. The van der Waals surface area contributed by atoms with E-state index in [0.29, 0.717) is 0 Å². The van der Waals surface area contributed by atoms with Crippen LogP contribution in [-0.4, -0.2) is 0 Å². The highest BCUT2D eigenvalue weighted by molar-refractivity contribution is 5.15. The second kappa shape index (κ2) is 3.72. The fraction of sp³-hybridized carbons (Fsp3) is 0.857. The maximum atomic E-state index is 2.50. The molecule has 1 fully saturated rings. The van der Waals surface area contributed by atoms with Gasteiger partial charge in [-0.3, -0.25) is 0 Å². The van der Waals surface area contributed by atoms with Gasteiger partial charge in [-0.25, -0.2) is 0 Å². The van der Waals surface area contributed by atoms with E-state index in [1.165, 1.54) is 19.3 Å². The van der Waals surface area contributed by atoms with Crippen LogP contribution >= 0.6 is 0 Å². The van der Waals surface area contributed by atoms with Gasteiger partial charge in [0.05, 0.1) is 0 Å². The van der Waals surface area contributed by atoms with Crippen molar-refractivity contribution in [2.75, 3.05) is 0 Å². The molecule has 2 aliphatic carbocycles. The second-order valence-corrected chi connectivity index (χ2v) is 5.84. The summed E-state index contributed by atoms with van der Waals surface area (Å²) in [5, 5.41) is 0. The van der Waals surface area contributed by atoms with Gasteiger partial charge in [-0.05, 0) is 42.9 Å². The van der Waals surface area contributed by atoms with Crippen molar-refractivity contribution >= 4 is 0 Å². The third-order valence-electron chi connectivity index (χ3n) is 4.61. The molecule has 2 aliphatic rings. The zero-order valence-electron chi connectivity index (χ0n) is 10.1. The first-order valence-electron chi connectivity index (χ1n) is 6.28. The lowest BCUT2D eigenvalue weighted by Crippen LogP contribution is -2.21. The van der Waals surface area contributed by atoms with E-state index in [4.69, 9.17) is 0 Å². The molecule has 0 nitrogen and oxygen atoms in total. The summed E-state index contributed by atoms with van der Waals surface area (Å²) in [5.41, 5.74) is 1.68. The van der Waals surface area contributed by atoms with Crippen molar-refractivity contribution in [3.8, 4) is 0 Å². The largest absolute Gasteiger partial charge is 0.0825 e. The molecule has 0 aromatic rings. The number of hydrogen-bond acceptors (Lipinski definition) is 0. The Hall–Kier alpha value is -0.260. The molecule has 4 unspecified atom stereocenters. The summed E-state index contributed by atoms with van der Waals surface area (Å²) in [4.78, 5) is 0. The molecule has 0 bridgehead atoms. The van der Waals surface area contributed by atoms with Gasteiger partial charge in [-0.2, -0.15) is 0 Å². The van der Waals surface area contributed by atoms with E-state index in [0.717, 1.165) is 29.6 Å². The van der Waals surface area contributed by atoms with E-state index in [2.05, 4.69) is 33.8 Å². The van der Waals surface area contributed by atoms with Crippen LogP contribution in [0.4, 0.5) is 0 Å². The third kappa shape index (κ3) is 1.64. The smallest absolute Gasteiger partial charge is 0.0167 e. The number of hydrogen-bond donors (Lipinski definition) is 0. The molecule has 0 aromatic carbocycles. The van der Waals surface area contributed by atoms with Crippen molar-refractivity contribution in [3.63, 3.8) is 0 Å². The van der Waals surface area contributed by atoms with Crippen LogP contribution in [0.5, 0.6) is 0 Å². The summed E-state index contributed by atoms with van der Waals surface area (Å²) in [6, 6.07) is 0. The van der Waals surface area contributed by atoms with E-state index in [9.17, 15) is 0 Å². The lowest BCUT2D eigenvalue weighted by atomic mass is 9.76. The van der Waals surface area contributed by atoms with Gasteiger partial charge in [0.25, 0.3) is 0 Å². The Balaban J connectivity index is 2.12. The standard InChI is InChI=1S/C14H24/c1-9-7-12(4)13(8-9)14-10(2)5-6-11(14)3/h7,9-11,13-14H,5-6,8H2,1-4H3. The van der Waals surface area contributed by atoms with Crippen LogP contribution in [0.1, 0.15) is 47.0 Å². The molecule has 4 atom stereocenters. The van der Waals surface area contributed by atoms with Crippen LogP contribution in [-0.2, 0) is 0 Å². The Bertz CT molecular complexity index is 228. The van der Waals surface area contributed by atoms with Gasteiger partial charge in [0.15, 0.2) is 0 Å². The number of allylic oxidation sites excluding steroid dienone is 2. The van der Waals surface area contributed by atoms with Gasteiger partial charge in [0.1, 0.15) is 0 Å². The highest BCUT2D eigenvalue weighted by Gasteiger charge is 2.38. The zero-order valence-corrected chi connectivity index (χ0v) is 10.1. The second-order valence-electron chi connectivity index (χ2n) is 5.84. The molecule has 0 N–H and O–H groups in total. The first-order valence-corrected chi connectivity index (χ1v) is 6.28. The molecule has 0 heterocycles. The molecule has 0 amide bonds. The number of rotatable bonds is 1. The molecule has 0 spiro atoms. The summed E-state index contributed by atoms with van der Waals surface area (Å²) in [7, 11) is 0. The van der Waals surface area contributed by atoms with Gasteiger partial charge < -0.3 is 0 Å². The van der Waals surface area contributed by atoms with Crippen molar-refractivity contribution in [2.24, 2.45) is 29.6 Å². The monoisotopic (exact) mass is 192 g/mol. The molecule has 0 aromatic heterocycles. The van der Waals surface area contributed by atoms with Gasteiger partial charge in [0.2, 0.25) is 0 Å². The average molecular weight is 192 g/mol. The van der Waals surface area contributed by atoms with Crippen LogP contribution in [0.3, 0.4) is 0 Å². The van der Waals surface area contributed by atoms with Crippen LogP contribution < -0.4 is 0 Å². The Kier molecular flexibility index (Phi) is 2.72. The maximum Gasteiger partial charge on any atom is -0.0167 e. The van der Waals surface area contributed by atoms with E-state index in [1.807, 2.05) is 0 Å².